The number of likely N-dealkylation sites (tertiary alicyclic amines) is 2. The molecular formula is C20H28F2N6O2. The summed E-state index contributed by atoms with van der Waals surface area (Å²) in [6.45, 7) is 5.75. The van der Waals surface area contributed by atoms with Crippen molar-refractivity contribution >= 4 is 12.3 Å². The number of aliphatic imine (C=N–C) groups is 1. The number of carbonyl (C=O) groups is 1. The van der Waals surface area contributed by atoms with Gasteiger partial charge in [-0.3, -0.25) is 14.7 Å². The number of amides is 1. The summed E-state index contributed by atoms with van der Waals surface area (Å²) >= 11 is 0. The zero-order valence-electron chi connectivity index (χ0n) is 17.1. The molecule has 30 heavy (non-hydrogen) atoms. The molecule has 164 valence electrons. The van der Waals surface area contributed by atoms with Gasteiger partial charge in [0.15, 0.2) is 6.40 Å². The van der Waals surface area contributed by atoms with E-state index in [9.17, 15) is 13.6 Å². The van der Waals surface area contributed by atoms with E-state index in [1.807, 2.05) is 4.90 Å². The minimum Gasteiger partial charge on any atom is -0.393 e. The van der Waals surface area contributed by atoms with Crippen LogP contribution in [0.15, 0.2) is 17.3 Å². The zero-order valence-corrected chi connectivity index (χ0v) is 17.1. The molecule has 4 heterocycles. The SMILES string of the molecule is C[C@@H]1CCCN(C2CCN(C3(C(=O)NCc4ncc(F)cc4F)N=CON3)CC2)C1. The van der Waals surface area contributed by atoms with Gasteiger partial charge >= 0.3 is 0 Å². The first-order valence-electron chi connectivity index (χ1n) is 10.5. The van der Waals surface area contributed by atoms with Crippen LogP contribution in [0.25, 0.3) is 0 Å². The molecule has 1 aromatic heterocycles. The first-order valence-corrected chi connectivity index (χ1v) is 10.5. The predicted octanol–water partition coefficient (Wildman–Crippen LogP) is 1.39. The Kier molecular flexibility index (Phi) is 6.26. The maximum Gasteiger partial charge on any atom is 0.282 e. The smallest absolute Gasteiger partial charge is 0.282 e. The van der Waals surface area contributed by atoms with Gasteiger partial charge in [0, 0.05) is 31.7 Å². The fourth-order valence-electron chi connectivity index (χ4n) is 4.60. The predicted molar refractivity (Wildman–Crippen MR) is 106 cm³/mol. The standard InChI is InChI=1S/C20H28F2N6O2/c1-14-3-2-6-27(12-14)16-4-7-28(8-5-16)20(25-13-30-26-20)19(29)24-11-18-17(22)9-15(21)10-23-18/h9-10,13-14,16,26H,2-8,11-12H2,1H3,(H,24,29)/t14-,20?/m1/s1. The summed E-state index contributed by atoms with van der Waals surface area (Å²) in [5.74, 6) is -2.70. The minimum atomic E-state index is -1.39. The van der Waals surface area contributed by atoms with Crippen molar-refractivity contribution < 1.29 is 18.4 Å². The maximum atomic E-state index is 13.8. The van der Waals surface area contributed by atoms with Gasteiger partial charge in [-0.05, 0) is 38.1 Å². The van der Waals surface area contributed by atoms with Crippen molar-refractivity contribution in [2.24, 2.45) is 10.9 Å². The fourth-order valence-corrected chi connectivity index (χ4v) is 4.60. The summed E-state index contributed by atoms with van der Waals surface area (Å²) in [5, 5.41) is 2.65. The molecule has 8 nitrogen and oxygen atoms in total. The van der Waals surface area contributed by atoms with E-state index in [1.165, 1.54) is 19.2 Å². The van der Waals surface area contributed by atoms with Crippen LogP contribution in [0.3, 0.4) is 0 Å². The molecule has 3 aliphatic rings. The molecule has 2 N–H and O–H groups in total. The summed E-state index contributed by atoms with van der Waals surface area (Å²) in [5.41, 5.74) is 2.66. The number of piperidine rings is 2. The first kappa shape index (κ1) is 21.1. The molecule has 1 unspecified atom stereocenters. The van der Waals surface area contributed by atoms with E-state index in [2.05, 4.69) is 32.6 Å². The lowest BCUT2D eigenvalue weighted by Crippen LogP contribution is -2.66. The lowest BCUT2D eigenvalue weighted by molar-refractivity contribution is -0.142. The van der Waals surface area contributed by atoms with Crippen LogP contribution in [0.4, 0.5) is 8.78 Å². The molecule has 3 aliphatic heterocycles. The summed E-state index contributed by atoms with van der Waals surface area (Å²) in [6.07, 6.45) is 6.52. The summed E-state index contributed by atoms with van der Waals surface area (Å²) in [7, 11) is 0. The first-order chi connectivity index (χ1) is 14.5. The number of nitrogens with zero attached hydrogens (tertiary/aromatic N) is 4. The molecule has 0 radical (unpaired) electrons. The number of carbonyl (C=O) groups excluding carboxylic acids is 1. The van der Waals surface area contributed by atoms with E-state index in [0.29, 0.717) is 19.1 Å². The third-order valence-electron chi connectivity index (χ3n) is 6.24. The average molecular weight is 422 g/mol. The second-order valence-electron chi connectivity index (χ2n) is 8.35. The van der Waals surface area contributed by atoms with Crippen LogP contribution in [0.5, 0.6) is 0 Å². The number of pyridine rings is 1. The van der Waals surface area contributed by atoms with Crippen LogP contribution in [0.1, 0.15) is 38.3 Å². The van der Waals surface area contributed by atoms with Crippen molar-refractivity contribution in [2.45, 2.75) is 51.0 Å². The molecule has 2 saturated heterocycles. The normalized spacial score (nSPS) is 28.4. The third-order valence-corrected chi connectivity index (χ3v) is 6.24. The minimum absolute atomic E-state index is 0.0410. The highest BCUT2D eigenvalue weighted by atomic mass is 19.1. The van der Waals surface area contributed by atoms with E-state index in [-0.39, 0.29) is 12.2 Å². The van der Waals surface area contributed by atoms with Gasteiger partial charge in [0.05, 0.1) is 18.4 Å². The Bertz CT molecular complexity index is 802. The highest BCUT2D eigenvalue weighted by Crippen LogP contribution is 2.28. The number of hydroxylamine groups is 1. The van der Waals surface area contributed by atoms with Crippen LogP contribution < -0.4 is 10.8 Å². The van der Waals surface area contributed by atoms with Crippen molar-refractivity contribution in [3.05, 3.63) is 29.6 Å². The van der Waals surface area contributed by atoms with Crippen molar-refractivity contribution in [2.75, 3.05) is 26.2 Å². The van der Waals surface area contributed by atoms with Gasteiger partial charge < -0.3 is 15.1 Å². The van der Waals surface area contributed by atoms with E-state index in [0.717, 1.165) is 44.1 Å². The molecule has 4 rings (SSSR count). The van der Waals surface area contributed by atoms with Crippen LogP contribution in [-0.4, -0.2) is 65.1 Å². The third kappa shape index (κ3) is 4.30. The Morgan fingerprint density at radius 3 is 2.80 bits per heavy atom. The summed E-state index contributed by atoms with van der Waals surface area (Å²) < 4.78 is 26.9. The van der Waals surface area contributed by atoms with Crippen molar-refractivity contribution in [3.8, 4) is 0 Å². The Morgan fingerprint density at radius 1 is 1.33 bits per heavy atom. The monoisotopic (exact) mass is 422 g/mol. The molecule has 0 saturated carbocycles. The van der Waals surface area contributed by atoms with Gasteiger partial charge in [0.2, 0.25) is 0 Å². The Labute approximate surface area is 174 Å². The number of nitrogens with one attached hydrogen (secondary N) is 2. The van der Waals surface area contributed by atoms with Gasteiger partial charge in [-0.2, -0.15) is 0 Å². The highest BCUT2D eigenvalue weighted by molar-refractivity contribution is 5.87. The van der Waals surface area contributed by atoms with E-state index in [1.54, 1.807) is 0 Å². The molecule has 10 heteroatoms. The molecule has 0 bridgehead atoms. The summed E-state index contributed by atoms with van der Waals surface area (Å²) in [4.78, 5) is 30.6. The second-order valence-corrected chi connectivity index (χ2v) is 8.35. The van der Waals surface area contributed by atoms with Crippen molar-refractivity contribution in [3.63, 3.8) is 0 Å². The largest absolute Gasteiger partial charge is 0.393 e. The number of hydrogen-bond donors (Lipinski definition) is 2. The zero-order chi connectivity index (χ0) is 21.1. The van der Waals surface area contributed by atoms with Crippen LogP contribution in [0.2, 0.25) is 0 Å². The second kappa shape index (κ2) is 8.91. The van der Waals surface area contributed by atoms with Crippen LogP contribution in [-0.2, 0) is 16.2 Å². The quantitative estimate of drug-likeness (QED) is 0.746. The molecule has 1 aromatic rings. The van der Waals surface area contributed by atoms with Gasteiger partial charge in [0.1, 0.15) is 11.6 Å². The lowest BCUT2D eigenvalue weighted by atomic mass is 9.94. The fraction of sp³-hybridized carbons (Fsp3) is 0.650. The van der Waals surface area contributed by atoms with Crippen molar-refractivity contribution in [1.29, 1.82) is 0 Å². The van der Waals surface area contributed by atoms with Crippen LogP contribution in [0, 0.1) is 17.6 Å². The van der Waals surface area contributed by atoms with Crippen molar-refractivity contribution in [1.82, 2.24) is 25.6 Å². The van der Waals surface area contributed by atoms with Gasteiger partial charge in [-0.1, -0.05) is 6.92 Å². The van der Waals surface area contributed by atoms with E-state index < -0.39 is 23.3 Å². The molecule has 2 fully saturated rings. The van der Waals surface area contributed by atoms with Gasteiger partial charge in [0.25, 0.3) is 11.7 Å². The highest BCUT2D eigenvalue weighted by Gasteiger charge is 2.48. The molecule has 0 aromatic carbocycles. The number of halogens is 2. The van der Waals surface area contributed by atoms with Gasteiger partial charge in [-0.25, -0.2) is 13.8 Å². The Balaban J connectivity index is 1.38. The average Bonchev–Trinajstić information content (AvgIpc) is 3.24. The molecule has 0 spiro atoms. The summed E-state index contributed by atoms with van der Waals surface area (Å²) in [6, 6.07) is 1.25. The Hall–Kier alpha value is -2.17. The number of aromatic nitrogens is 1. The maximum absolute atomic E-state index is 13.8. The lowest BCUT2D eigenvalue weighted by Gasteiger charge is -2.44. The Morgan fingerprint density at radius 2 is 2.13 bits per heavy atom. The number of hydrogen-bond acceptors (Lipinski definition) is 7. The topological polar surface area (TPSA) is 82.1 Å². The number of rotatable bonds is 5. The van der Waals surface area contributed by atoms with Crippen LogP contribution >= 0.6 is 0 Å². The molecule has 1 amide bonds. The van der Waals surface area contributed by atoms with E-state index >= 15 is 0 Å². The molecule has 2 atom stereocenters. The molecule has 0 aliphatic carbocycles. The van der Waals surface area contributed by atoms with Gasteiger partial charge in [-0.15, -0.1) is 5.48 Å². The molecular weight excluding hydrogens is 394 g/mol. The van der Waals surface area contributed by atoms with E-state index in [4.69, 9.17) is 4.84 Å².